The first-order valence-electron chi connectivity index (χ1n) is 3.71. The van der Waals surface area contributed by atoms with Gasteiger partial charge in [0.1, 0.15) is 0 Å². The van der Waals surface area contributed by atoms with Crippen molar-refractivity contribution in [1.82, 2.24) is 10.3 Å². The molecule has 0 aliphatic rings. The van der Waals surface area contributed by atoms with Crippen LogP contribution in [-0.2, 0) is 0 Å². The van der Waals surface area contributed by atoms with Crippen LogP contribution in [0.3, 0.4) is 0 Å². The molecule has 0 aliphatic carbocycles. The minimum atomic E-state index is 0.269. The summed E-state index contributed by atoms with van der Waals surface area (Å²) in [5.74, 6) is 0.269. The van der Waals surface area contributed by atoms with Crippen molar-refractivity contribution >= 4 is 11.5 Å². The summed E-state index contributed by atoms with van der Waals surface area (Å²) in [6.45, 7) is 0. The number of nitrogen functional groups attached to an aromatic ring is 2. The molecule has 2 aromatic rings. The first-order valence-corrected chi connectivity index (χ1v) is 3.71. The average molecular weight is 176 g/mol. The quantitative estimate of drug-likeness (QED) is 0.630. The Hall–Kier alpha value is -2.04. The highest BCUT2D eigenvalue weighted by Crippen LogP contribution is 2.23. The molecular formula is C8H8N4O. The van der Waals surface area contributed by atoms with Crippen LogP contribution in [0, 0.1) is 0 Å². The van der Waals surface area contributed by atoms with E-state index in [9.17, 15) is 0 Å². The molecule has 0 bridgehead atoms. The highest BCUT2D eigenvalue weighted by atomic mass is 16.6. The number of hydrogen-bond donors (Lipinski definition) is 2. The highest BCUT2D eigenvalue weighted by Gasteiger charge is 2.08. The number of nitrogens with two attached hydrogens (primary N) is 2. The van der Waals surface area contributed by atoms with Crippen LogP contribution in [-0.4, -0.2) is 10.3 Å². The fraction of sp³-hybridized carbons (Fsp3) is 0. The Bertz CT molecular complexity index is 424. The lowest BCUT2D eigenvalue weighted by Crippen LogP contribution is -1.90. The third-order valence-electron chi connectivity index (χ3n) is 1.67. The molecule has 0 fully saturated rings. The third-order valence-corrected chi connectivity index (χ3v) is 1.67. The van der Waals surface area contributed by atoms with Gasteiger partial charge >= 0.3 is 0 Å². The Morgan fingerprint density at radius 2 is 2.00 bits per heavy atom. The van der Waals surface area contributed by atoms with E-state index in [0.717, 1.165) is 5.56 Å². The van der Waals surface area contributed by atoms with Gasteiger partial charge < -0.3 is 11.5 Å². The molecule has 1 aromatic heterocycles. The molecule has 0 radical (unpaired) electrons. The number of anilines is 2. The summed E-state index contributed by atoms with van der Waals surface area (Å²) in [5.41, 5.74) is 13.1. The topological polar surface area (TPSA) is 91.0 Å². The Morgan fingerprint density at radius 3 is 2.62 bits per heavy atom. The molecule has 0 spiro atoms. The Labute approximate surface area is 74.3 Å². The monoisotopic (exact) mass is 176 g/mol. The highest BCUT2D eigenvalue weighted by molar-refractivity contribution is 5.71. The minimum Gasteiger partial charge on any atom is -0.399 e. The summed E-state index contributed by atoms with van der Waals surface area (Å²) in [5, 5.41) is 7.13. The molecule has 0 aliphatic heterocycles. The maximum Gasteiger partial charge on any atom is 0.196 e. The van der Waals surface area contributed by atoms with Gasteiger partial charge in [-0.2, -0.15) is 0 Å². The van der Waals surface area contributed by atoms with Crippen LogP contribution in [0.25, 0.3) is 11.3 Å². The first kappa shape index (κ1) is 7.60. The van der Waals surface area contributed by atoms with Crippen LogP contribution in [0.2, 0.25) is 0 Å². The summed E-state index contributed by atoms with van der Waals surface area (Å²) < 4.78 is 4.47. The maximum atomic E-state index is 5.60. The summed E-state index contributed by atoms with van der Waals surface area (Å²) in [6.07, 6.45) is 0. The van der Waals surface area contributed by atoms with Gasteiger partial charge in [0.25, 0.3) is 0 Å². The SMILES string of the molecule is Nc1cccc(-c2nonc2N)c1. The number of aromatic nitrogens is 2. The minimum absolute atomic E-state index is 0.269. The van der Waals surface area contributed by atoms with Crippen molar-refractivity contribution in [2.45, 2.75) is 0 Å². The van der Waals surface area contributed by atoms with Gasteiger partial charge in [-0.1, -0.05) is 12.1 Å². The van der Waals surface area contributed by atoms with Gasteiger partial charge in [-0.15, -0.1) is 0 Å². The van der Waals surface area contributed by atoms with Crippen LogP contribution >= 0.6 is 0 Å². The van der Waals surface area contributed by atoms with Crippen molar-refractivity contribution in [3.63, 3.8) is 0 Å². The van der Waals surface area contributed by atoms with Crippen LogP contribution in [0.4, 0.5) is 11.5 Å². The van der Waals surface area contributed by atoms with E-state index in [2.05, 4.69) is 14.9 Å². The molecule has 5 nitrogen and oxygen atoms in total. The number of nitrogens with zero attached hydrogens (tertiary/aromatic N) is 2. The number of rotatable bonds is 1. The van der Waals surface area contributed by atoms with Crippen LogP contribution in [0.5, 0.6) is 0 Å². The molecule has 0 amide bonds. The Morgan fingerprint density at radius 1 is 1.15 bits per heavy atom. The van der Waals surface area contributed by atoms with E-state index in [1.54, 1.807) is 12.1 Å². The smallest absolute Gasteiger partial charge is 0.196 e. The molecule has 4 N–H and O–H groups in total. The molecule has 0 unspecified atom stereocenters. The van der Waals surface area contributed by atoms with Crippen molar-refractivity contribution in [3.05, 3.63) is 24.3 Å². The largest absolute Gasteiger partial charge is 0.399 e. The summed E-state index contributed by atoms with van der Waals surface area (Å²) in [6, 6.07) is 7.20. The van der Waals surface area contributed by atoms with Crippen molar-refractivity contribution < 1.29 is 4.63 Å². The van der Waals surface area contributed by atoms with Gasteiger partial charge in [0.2, 0.25) is 0 Å². The van der Waals surface area contributed by atoms with Crippen molar-refractivity contribution in [2.75, 3.05) is 11.5 Å². The summed E-state index contributed by atoms with van der Waals surface area (Å²) in [7, 11) is 0. The van der Waals surface area contributed by atoms with Crippen molar-refractivity contribution in [2.24, 2.45) is 0 Å². The van der Waals surface area contributed by atoms with E-state index in [1.165, 1.54) is 0 Å². The first-order chi connectivity index (χ1) is 6.27. The zero-order valence-corrected chi connectivity index (χ0v) is 6.77. The molecule has 66 valence electrons. The lowest BCUT2D eigenvalue weighted by molar-refractivity contribution is 0.310. The zero-order valence-electron chi connectivity index (χ0n) is 6.77. The van der Waals surface area contributed by atoms with Gasteiger partial charge in [-0.05, 0) is 22.4 Å². The Kier molecular flexibility index (Phi) is 1.63. The van der Waals surface area contributed by atoms with Crippen LogP contribution < -0.4 is 11.5 Å². The second-order valence-electron chi connectivity index (χ2n) is 2.62. The van der Waals surface area contributed by atoms with Gasteiger partial charge in [-0.3, -0.25) is 0 Å². The molecular weight excluding hydrogens is 168 g/mol. The molecule has 1 aromatic carbocycles. The van der Waals surface area contributed by atoms with E-state index >= 15 is 0 Å². The fourth-order valence-corrected chi connectivity index (χ4v) is 1.08. The van der Waals surface area contributed by atoms with E-state index in [1.807, 2.05) is 12.1 Å². The second kappa shape index (κ2) is 2.78. The molecule has 0 saturated heterocycles. The zero-order chi connectivity index (χ0) is 9.26. The molecule has 5 heteroatoms. The summed E-state index contributed by atoms with van der Waals surface area (Å²) >= 11 is 0. The van der Waals surface area contributed by atoms with E-state index in [-0.39, 0.29) is 5.82 Å². The lowest BCUT2D eigenvalue weighted by Gasteiger charge is -1.96. The fourth-order valence-electron chi connectivity index (χ4n) is 1.08. The molecule has 1 heterocycles. The predicted molar refractivity (Wildman–Crippen MR) is 48.6 cm³/mol. The van der Waals surface area contributed by atoms with Gasteiger partial charge in [0.15, 0.2) is 11.5 Å². The molecule has 13 heavy (non-hydrogen) atoms. The average Bonchev–Trinajstić information content (AvgIpc) is 2.51. The second-order valence-corrected chi connectivity index (χ2v) is 2.62. The van der Waals surface area contributed by atoms with E-state index in [4.69, 9.17) is 11.5 Å². The van der Waals surface area contributed by atoms with E-state index < -0.39 is 0 Å². The molecule has 0 atom stereocenters. The van der Waals surface area contributed by atoms with Crippen LogP contribution in [0.15, 0.2) is 28.9 Å². The molecule has 2 rings (SSSR count). The maximum absolute atomic E-state index is 5.60. The number of hydrogen-bond acceptors (Lipinski definition) is 5. The van der Waals surface area contributed by atoms with Gasteiger partial charge in [0.05, 0.1) is 0 Å². The standard InChI is InChI=1S/C8H8N4O/c9-6-3-1-2-5(4-6)7-8(10)12-13-11-7/h1-4H,9H2,(H2,10,12). The van der Waals surface area contributed by atoms with Gasteiger partial charge in [-0.25, -0.2) is 4.63 Å². The number of benzene rings is 1. The lowest BCUT2D eigenvalue weighted by atomic mass is 10.1. The molecule has 0 saturated carbocycles. The van der Waals surface area contributed by atoms with Crippen molar-refractivity contribution in [1.29, 1.82) is 0 Å². The van der Waals surface area contributed by atoms with Crippen LogP contribution in [0.1, 0.15) is 0 Å². The third kappa shape index (κ3) is 1.31. The normalized spacial score (nSPS) is 10.2. The Balaban J connectivity index is 2.53. The summed E-state index contributed by atoms with van der Waals surface area (Å²) in [4.78, 5) is 0. The van der Waals surface area contributed by atoms with Crippen molar-refractivity contribution in [3.8, 4) is 11.3 Å². The predicted octanol–water partition coefficient (Wildman–Crippen LogP) is 0.901. The van der Waals surface area contributed by atoms with E-state index in [0.29, 0.717) is 11.4 Å². The van der Waals surface area contributed by atoms with Gasteiger partial charge in [0, 0.05) is 11.3 Å².